The SMILES string of the molecule is Cc1nn(-c2cccc(C(F)(F)F)c2)c2ncc(OC3CCN(c4nc5ccccc5n4C(F)F)CC3)cc12. The lowest BCUT2D eigenvalue weighted by atomic mass is 10.1. The molecule has 0 unspecified atom stereocenters. The average Bonchev–Trinajstić information content (AvgIpc) is 3.47. The van der Waals surface area contributed by atoms with E-state index in [1.165, 1.54) is 16.9 Å². The number of piperidine rings is 1. The molecule has 1 saturated heterocycles. The summed E-state index contributed by atoms with van der Waals surface area (Å²) in [5.74, 6) is 0.748. The molecule has 202 valence electrons. The summed E-state index contributed by atoms with van der Waals surface area (Å²) in [6.07, 6.45) is -1.93. The Balaban J connectivity index is 1.19. The van der Waals surface area contributed by atoms with Gasteiger partial charge in [-0.15, -0.1) is 0 Å². The molecule has 6 rings (SSSR count). The Morgan fingerprint density at radius 3 is 2.51 bits per heavy atom. The third kappa shape index (κ3) is 4.64. The lowest BCUT2D eigenvalue weighted by Crippen LogP contribution is -2.39. The van der Waals surface area contributed by atoms with Gasteiger partial charge in [0.2, 0.25) is 5.95 Å². The van der Waals surface area contributed by atoms with Gasteiger partial charge >= 0.3 is 12.7 Å². The number of hydrogen-bond donors (Lipinski definition) is 0. The number of hydrogen-bond acceptors (Lipinski definition) is 5. The molecule has 0 spiro atoms. The summed E-state index contributed by atoms with van der Waals surface area (Å²) in [6, 6.07) is 13.5. The van der Waals surface area contributed by atoms with Crippen LogP contribution in [-0.2, 0) is 6.18 Å². The number of para-hydroxylation sites is 2. The first kappa shape index (κ1) is 25.1. The number of imidazole rings is 1. The lowest BCUT2D eigenvalue weighted by molar-refractivity contribution is -0.137. The molecule has 12 heteroatoms. The van der Waals surface area contributed by atoms with Crippen LogP contribution in [0.3, 0.4) is 0 Å². The van der Waals surface area contributed by atoms with E-state index in [4.69, 9.17) is 4.74 Å². The Kier molecular flexibility index (Phi) is 6.12. The fourth-order valence-electron chi connectivity index (χ4n) is 5.00. The van der Waals surface area contributed by atoms with Crippen LogP contribution in [0.5, 0.6) is 5.75 Å². The quantitative estimate of drug-likeness (QED) is 0.236. The zero-order valence-corrected chi connectivity index (χ0v) is 20.7. The van der Waals surface area contributed by atoms with Gasteiger partial charge in [0, 0.05) is 31.3 Å². The van der Waals surface area contributed by atoms with Crippen LogP contribution in [0.25, 0.3) is 27.8 Å². The highest BCUT2D eigenvalue weighted by atomic mass is 19.4. The van der Waals surface area contributed by atoms with E-state index in [1.807, 2.05) is 4.90 Å². The molecule has 0 aliphatic carbocycles. The molecule has 0 N–H and O–H groups in total. The summed E-state index contributed by atoms with van der Waals surface area (Å²) in [5.41, 5.74) is 1.41. The minimum atomic E-state index is -4.47. The molecule has 0 saturated carbocycles. The first-order valence-corrected chi connectivity index (χ1v) is 12.4. The summed E-state index contributed by atoms with van der Waals surface area (Å²) >= 11 is 0. The molecule has 4 heterocycles. The Bertz CT molecular complexity index is 1650. The van der Waals surface area contributed by atoms with E-state index in [0.717, 1.165) is 16.7 Å². The Morgan fingerprint density at radius 1 is 1.00 bits per heavy atom. The maximum atomic E-state index is 13.9. The van der Waals surface area contributed by atoms with Crippen molar-refractivity contribution in [2.24, 2.45) is 0 Å². The van der Waals surface area contributed by atoms with Crippen molar-refractivity contribution in [3.8, 4) is 11.4 Å². The standard InChI is InChI=1S/C27H23F5N6O/c1-16-21-14-20(15-33-24(21)38(35-16)18-6-4-5-17(13-18)27(30,31)32)39-19-9-11-36(12-10-19)26-34-22-7-2-3-8-23(22)37(26)25(28)29/h2-8,13-15,19,25H,9-12H2,1H3. The summed E-state index contributed by atoms with van der Waals surface area (Å²) in [5, 5.41) is 5.07. The molecule has 39 heavy (non-hydrogen) atoms. The number of nitrogens with zero attached hydrogens (tertiary/aromatic N) is 6. The highest BCUT2D eigenvalue weighted by Crippen LogP contribution is 2.33. The highest BCUT2D eigenvalue weighted by molar-refractivity contribution is 5.81. The molecule has 0 atom stereocenters. The van der Waals surface area contributed by atoms with E-state index >= 15 is 0 Å². The zero-order chi connectivity index (χ0) is 27.3. The number of aryl methyl sites for hydroxylation is 1. The van der Waals surface area contributed by atoms with Gasteiger partial charge in [0.05, 0.1) is 34.2 Å². The first-order valence-electron chi connectivity index (χ1n) is 12.4. The van der Waals surface area contributed by atoms with Crippen LogP contribution in [0.2, 0.25) is 0 Å². The van der Waals surface area contributed by atoms with E-state index in [1.54, 1.807) is 43.3 Å². The average molecular weight is 543 g/mol. The molecule has 7 nitrogen and oxygen atoms in total. The number of ether oxygens (including phenoxy) is 1. The largest absolute Gasteiger partial charge is 0.489 e. The van der Waals surface area contributed by atoms with Crippen LogP contribution in [0.1, 0.15) is 30.6 Å². The topological polar surface area (TPSA) is 61.0 Å². The van der Waals surface area contributed by atoms with Gasteiger partial charge in [0.25, 0.3) is 0 Å². The lowest BCUT2D eigenvalue weighted by Gasteiger charge is -2.33. The van der Waals surface area contributed by atoms with Gasteiger partial charge in [-0.1, -0.05) is 18.2 Å². The number of alkyl halides is 5. The molecule has 1 fully saturated rings. The molecule has 0 radical (unpaired) electrons. The molecule has 3 aromatic heterocycles. The van der Waals surface area contributed by atoms with Crippen molar-refractivity contribution < 1.29 is 26.7 Å². The monoisotopic (exact) mass is 542 g/mol. The van der Waals surface area contributed by atoms with Crippen molar-refractivity contribution in [3.05, 3.63) is 72.1 Å². The van der Waals surface area contributed by atoms with Crippen LogP contribution < -0.4 is 9.64 Å². The van der Waals surface area contributed by atoms with Crippen LogP contribution in [0.4, 0.5) is 27.9 Å². The Hall–Kier alpha value is -4.22. The summed E-state index contributed by atoms with van der Waals surface area (Å²) in [6.45, 7) is 0.0244. The van der Waals surface area contributed by atoms with Gasteiger partial charge in [-0.2, -0.15) is 27.1 Å². The minimum absolute atomic E-state index is 0.163. The Morgan fingerprint density at radius 2 is 1.77 bits per heavy atom. The number of benzene rings is 2. The second-order valence-corrected chi connectivity index (χ2v) is 9.44. The number of anilines is 1. The number of halogens is 5. The van der Waals surface area contributed by atoms with Crippen LogP contribution in [0, 0.1) is 6.92 Å². The molecule has 0 amide bonds. The molecular weight excluding hydrogens is 519 g/mol. The molecule has 0 bridgehead atoms. The Labute approximate surface area is 219 Å². The highest BCUT2D eigenvalue weighted by Gasteiger charge is 2.31. The molecule has 1 aliphatic heterocycles. The maximum absolute atomic E-state index is 13.9. The molecule has 1 aliphatic rings. The van der Waals surface area contributed by atoms with Gasteiger partial charge in [0.1, 0.15) is 11.9 Å². The molecular formula is C27H23F5N6O. The number of aromatic nitrogens is 5. The number of pyridine rings is 1. The third-order valence-corrected chi connectivity index (χ3v) is 6.90. The van der Waals surface area contributed by atoms with Crippen molar-refractivity contribution in [1.82, 2.24) is 24.3 Å². The fraction of sp³-hybridized carbons (Fsp3) is 0.296. The minimum Gasteiger partial charge on any atom is -0.489 e. The van der Waals surface area contributed by atoms with Crippen molar-refractivity contribution >= 4 is 28.0 Å². The molecule has 5 aromatic rings. The van der Waals surface area contributed by atoms with E-state index < -0.39 is 18.3 Å². The van der Waals surface area contributed by atoms with E-state index in [-0.39, 0.29) is 17.7 Å². The van der Waals surface area contributed by atoms with Crippen LogP contribution in [0.15, 0.2) is 60.8 Å². The summed E-state index contributed by atoms with van der Waals surface area (Å²) < 4.78 is 75.8. The number of rotatable bonds is 5. The number of fused-ring (bicyclic) bond motifs is 2. The van der Waals surface area contributed by atoms with Gasteiger partial charge in [-0.05, 0) is 43.3 Å². The summed E-state index contributed by atoms with van der Waals surface area (Å²) in [7, 11) is 0. The van der Waals surface area contributed by atoms with Gasteiger partial charge < -0.3 is 9.64 Å². The molecule has 2 aromatic carbocycles. The second kappa shape index (κ2) is 9.51. The summed E-state index contributed by atoms with van der Waals surface area (Å²) in [4.78, 5) is 10.7. The predicted octanol–water partition coefficient (Wildman–Crippen LogP) is 6.54. The van der Waals surface area contributed by atoms with Crippen molar-refractivity contribution in [1.29, 1.82) is 0 Å². The third-order valence-electron chi connectivity index (χ3n) is 6.90. The van der Waals surface area contributed by atoms with Gasteiger partial charge in [-0.25, -0.2) is 14.6 Å². The smallest absolute Gasteiger partial charge is 0.416 e. The predicted molar refractivity (Wildman–Crippen MR) is 135 cm³/mol. The fourth-order valence-corrected chi connectivity index (χ4v) is 5.00. The zero-order valence-electron chi connectivity index (χ0n) is 20.7. The van der Waals surface area contributed by atoms with Crippen molar-refractivity contribution in [3.63, 3.8) is 0 Å². The van der Waals surface area contributed by atoms with Gasteiger partial charge in [-0.3, -0.25) is 4.57 Å². The normalized spacial score (nSPS) is 15.1. The second-order valence-electron chi connectivity index (χ2n) is 9.44. The first-order chi connectivity index (χ1) is 18.7. The van der Waals surface area contributed by atoms with E-state index in [9.17, 15) is 22.0 Å². The van der Waals surface area contributed by atoms with Crippen molar-refractivity contribution in [2.45, 2.75) is 38.6 Å². The van der Waals surface area contributed by atoms with Crippen LogP contribution >= 0.6 is 0 Å². The van der Waals surface area contributed by atoms with E-state index in [2.05, 4.69) is 15.1 Å². The van der Waals surface area contributed by atoms with Crippen LogP contribution in [-0.4, -0.2) is 43.5 Å². The van der Waals surface area contributed by atoms with E-state index in [0.29, 0.717) is 59.4 Å². The van der Waals surface area contributed by atoms with Gasteiger partial charge in [0.15, 0.2) is 5.65 Å². The van der Waals surface area contributed by atoms with Crippen molar-refractivity contribution in [2.75, 3.05) is 18.0 Å². The maximum Gasteiger partial charge on any atom is 0.416 e.